The average molecular weight is 299 g/mol. The Hall–Kier alpha value is -2.28. The van der Waals surface area contributed by atoms with Crippen molar-refractivity contribution in [2.45, 2.75) is 25.8 Å². The zero-order chi connectivity index (χ0) is 14.2. The van der Waals surface area contributed by atoms with Crippen LogP contribution in [0.25, 0.3) is 22.8 Å². The minimum Gasteiger partial charge on any atom is -0.367 e. The van der Waals surface area contributed by atoms with Crippen LogP contribution in [0.1, 0.15) is 18.7 Å². The van der Waals surface area contributed by atoms with E-state index in [1.165, 1.54) is 12.8 Å². The highest BCUT2D eigenvalue weighted by Gasteiger charge is 2.24. The molecule has 0 unspecified atom stereocenters. The molecule has 0 bridgehead atoms. The molecule has 1 aliphatic carbocycles. The summed E-state index contributed by atoms with van der Waals surface area (Å²) in [5.74, 6) is 2.52. The number of rotatable bonds is 4. The Labute approximate surface area is 125 Å². The van der Waals surface area contributed by atoms with E-state index in [1.54, 1.807) is 17.5 Å². The number of nitrogens with zero attached hydrogens (tertiary/aromatic N) is 4. The number of thiophene rings is 1. The SMILES string of the molecule is Cc1ncc(-c2nc(-c3ccsc3)no2)c(NC2CC2)n1. The predicted octanol–water partition coefficient (Wildman–Crippen LogP) is 3.14. The smallest absolute Gasteiger partial charge is 0.263 e. The van der Waals surface area contributed by atoms with Crippen LogP contribution in [0.15, 0.2) is 27.5 Å². The topological polar surface area (TPSA) is 76.7 Å². The molecule has 7 heteroatoms. The fourth-order valence-corrected chi connectivity index (χ4v) is 2.63. The largest absolute Gasteiger partial charge is 0.367 e. The van der Waals surface area contributed by atoms with Gasteiger partial charge in [0.1, 0.15) is 17.2 Å². The van der Waals surface area contributed by atoms with Gasteiger partial charge in [0.15, 0.2) is 0 Å². The van der Waals surface area contributed by atoms with E-state index in [2.05, 4.69) is 25.4 Å². The van der Waals surface area contributed by atoms with E-state index >= 15 is 0 Å². The Bertz CT molecular complexity index is 764. The third kappa shape index (κ3) is 2.52. The Morgan fingerprint density at radius 3 is 3.00 bits per heavy atom. The summed E-state index contributed by atoms with van der Waals surface area (Å²) in [7, 11) is 0. The maximum Gasteiger partial charge on any atom is 0.263 e. The van der Waals surface area contributed by atoms with Crippen LogP contribution in [0, 0.1) is 6.92 Å². The predicted molar refractivity (Wildman–Crippen MR) is 80.0 cm³/mol. The van der Waals surface area contributed by atoms with Crippen molar-refractivity contribution in [1.82, 2.24) is 20.1 Å². The molecule has 106 valence electrons. The lowest BCUT2D eigenvalue weighted by Crippen LogP contribution is -2.06. The molecule has 0 aromatic carbocycles. The molecule has 0 atom stereocenters. The molecule has 1 saturated carbocycles. The van der Waals surface area contributed by atoms with Crippen molar-refractivity contribution in [3.8, 4) is 22.8 Å². The Kier molecular flexibility index (Phi) is 2.92. The fourth-order valence-electron chi connectivity index (χ4n) is 2.00. The van der Waals surface area contributed by atoms with E-state index < -0.39 is 0 Å². The second kappa shape index (κ2) is 4.92. The monoisotopic (exact) mass is 299 g/mol. The molecule has 3 aromatic heterocycles. The summed E-state index contributed by atoms with van der Waals surface area (Å²) in [6.07, 6.45) is 4.08. The molecule has 6 nitrogen and oxygen atoms in total. The van der Waals surface area contributed by atoms with E-state index in [0.29, 0.717) is 17.8 Å². The summed E-state index contributed by atoms with van der Waals surface area (Å²) in [4.78, 5) is 13.1. The van der Waals surface area contributed by atoms with Crippen LogP contribution in [-0.4, -0.2) is 26.2 Å². The molecule has 1 aliphatic rings. The van der Waals surface area contributed by atoms with Crippen molar-refractivity contribution in [3.05, 3.63) is 28.8 Å². The molecular formula is C14H13N5OS. The van der Waals surface area contributed by atoms with E-state index in [-0.39, 0.29) is 0 Å². The number of aromatic nitrogens is 4. The van der Waals surface area contributed by atoms with Gasteiger partial charge in [0, 0.05) is 23.2 Å². The molecule has 1 fully saturated rings. The number of hydrogen-bond donors (Lipinski definition) is 1. The molecule has 3 heterocycles. The zero-order valence-corrected chi connectivity index (χ0v) is 12.2. The van der Waals surface area contributed by atoms with E-state index in [0.717, 1.165) is 22.8 Å². The number of hydrogen-bond acceptors (Lipinski definition) is 7. The van der Waals surface area contributed by atoms with Crippen LogP contribution in [0.4, 0.5) is 5.82 Å². The summed E-state index contributed by atoms with van der Waals surface area (Å²) in [6, 6.07) is 2.46. The molecular weight excluding hydrogens is 286 g/mol. The fraction of sp³-hybridized carbons (Fsp3) is 0.286. The van der Waals surface area contributed by atoms with Gasteiger partial charge in [-0.2, -0.15) is 16.3 Å². The lowest BCUT2D eigenvalue weighted by Gasteiger charge is -2.07. The van der Waals surface area contributed by atoms with Gasteiger partial charge < -0.3 is 9.84 Å². The van der Waals surface area contributed by atoms with Crippen LogP contribution < -0.4 is 5.32 Å². The molecule has 0 amide bonds. The van der Waals surface area contributed by atoms with Gasteiger partial charge in [-0.1, -0.05) is 5.16 Å². The Balaban J connectivity index is 1.72. The quantitative estimate of drug-likeness (QED) is 0.797. The lowest BCUT2D eigenvalue weighted by atomic mass is 10.3. The third-order valence-corrected chi connectivity index (χ3v) is 3.95. The number of aryl methyl sites for hydroxylation is 1. The van der Waals surface area contributed by atoms with Crippen molar-refractivity contribution in [3.63, 3.8) is 0 Å². The van der Waals surface area contributed by atoms with Gasteiger partial charge in [-0.3, -0.25) is 0 Å². The summed E-state index contributed by atoms with van der Waals surface area (Å²) >= 11 is 1.60. The van der Waals surface area contributed by atoms with Gasteiger partial charge in [-0.05, 0) is 31.2 Å². The first kappa shape index (κ1) is 12.5. The van der Waals surface area contributed by atoms with Crippen molar-refractivity contribution in [2.75, 3.05) is 5.32 Å². The molecule has 1 N–H and O–H groups in total. The van der Waals surface area contributed by atoms with Crippen molar-refractivity contribution in [1.29, 1.82) is 0 Å². The first-order valence-electron chi connectivity index (χ1n) is 6.76. The third-order valence-electron chi connectivity index (χ3n) is 3.26. The molecule has 0 spiro atoms. The summed E-state index contributed by atoms with van der Waals surface area (Å²) in [5.41, 5.74) is 1.71. The first-order valence-corrected chi connectivity index (χ1v) is 7.71. The van der Waals surface area contributed by atoms with Gasteiger partial charge >= 0.3 is 0 Å². The highest BCUT2D eigenvalue weighted by molar-refractivity contribution is 7.08. The van der Waals surface area contributed by atoms with Crippen LogP contribution in [0.2, 0.25) is 0 Å². The average Bonchev–Trinajstić information content (AvgIpc) is 2.95. The van der Waals surface area contributed by atoms with Crippen LogP contribution in [0.3, 0.4) is 0 Å². The van der Waals surface area contributed by atoms with Gasteiger partial charge in [0.2, 0.25) is 5.82 Å². The first-order chi connectivity index (χ1) is 10.3. The maximum absolute atomic E-state index is 5.38. The highest BCUT2D eigenvalue weighted by atomic mass is 32.1. The van der Waals surface area contributed by atoms with Gasteiger partial charge in [0.25, 0.3) is 5.89 Å². The molecule has 0 radical (unpaired) electrons. The Morgan fingerprint density at radius 2 is 2.24 bits per heavy atom. The lowest BCUT2D eigenvalue weighted by molar-refractivity contribution is 0.432. The highest BCUT2D eigenvalue weighted by Crippen LogP contribution is 2.31. The maximum atomic E-state index is 5.38. The molecule has 21 heavy (non-hydrogen) atoms. The van der Waals surface area contributed by atoms with Gasteiger partial charge in [-0.25, -0.2) is 9.97 Å². The second-order valence-electron chi connectivity index (χ2n) is 5.03. The minimum atomic E-state index is 0.444. The molecule has 3 aromatic rings. The van der Waals surface area contributed by atoms with E-state index in [9.17, 15) is 0 Å². The normalized spacial score (nSPS) is 14.3. The van der Waals surface area contributed by atoms with Crippen LogP contribution >= 0.6 is 11.3 Å². The van der Waals surface area contributed by atoms with Crippen LogP contribution in [-0.2, 0) is 0 Å². The standard InChI is InChI=1S/C14H13N5OS/c1-8-15-6-11(13(16-8)17-10-2-3-10)14-18-12(19-20-14)9-4-5-21-7-9/h4-7,10H,2-3H2,1H3,(H,15,16,17). The zero-order valence-electron chi connectivity index (χ0n) is 11.4. The summed E-state index contributed by atoms with van der Waals surface area (Å²) < 4.78 is 5.38. The second-order valence-corrected chi connectivity index (χ2v) is 5.81. The van der Waals surface area contributed by atoms with Gasteiger partial charge in [0.05, 0.1) is 0 Å². The Morgan fingerprint density at radius 1 is 1.33 bits per heavy atom. The molecule has 0 aliphatic heterocycles. The van der Waals surface area contributed by atoms with Gasteiger partial charge in [-0.15, -0.1) is 0 Å². The van der Waals surface area contributed by atoms with E-state index in [1.807, 2.05) is 23.8 Å². The number of nitrogens with one attached hydrogen (secondary N) is 1. The van der Waals surface area contributed by atoms with E-state index in [4.69, 9.17) is 4.52 Å². The summed E-state index contributed by atoms with van der Waals surface area (Å²) in [6.45, 7) is 1.87. The molecule has 4 rings (SSSR count). The van der Waals surface area contributed by atoms with Crippen molar-refractivity contribution >= 4 is 17.2 Å². The van der Waals surface area contributed by atoms with Crippen molar-refractivity contribution < 1.29 is 4.52 Å². The van der Waals surface area contributed by atoms with Crippen LogP contribution in [0.5, 0.6) is 0 Å². The minimum absolute atomic E-state index is 0.444. The summed E-state index contributed by atoms with van der Waals surface area (Å²) in [5, 5.41) is 11.4. The van der Waals surface area contributed by atoms with Crippen molar-refractivity contribution in [2.24, 2.45) is 0 Å². The number of anilines is 1. The molecule has 0 saturated heterocycles.